The molecule has 5 heteroatoms. The first-order valence-electron chi connectivity index (χ1n) is 8.27. The highest BCUT2D eigenvalue weighted by Gasteiger charge is 2.22. The van der Waals surface area contributed by atoms with Crippen molar-refractivity contribution in [1.82, 2.24) is 19.4 Å². The average molecular weight is 310 g/mol. The number of likely N-dealkylation sites (tertiary alicyclic amines) is 1. The smallest absolute Gasteiger partial charge is 0.178 e. The number of aromatic nitrogens is 3. The van der Waals surface area contributed by atoms with Gasteiger partial charge in [-0.15, -0.1) is 0 Å². The molecule has 0 radical (unpaired) electrons. The lowest BCUT2D eigenvalue weighted by atomic mass is 9.98. The Morgan fingerprint density at radius 3 is 3.00 bits per heavy atom. The maximum Gasteiger partial charge on any atom is 0.178 e. The van der Waals surface area contributed by atoms with Crippen LogP contribution in [0.3, 0.4) is 0 Å². The molecule has 0 N–H and O–H groups in total. The molecule has 0 aliphatic carbocycles. The van der Waals surface area contributed by atoms with Crippen LogP contribution >= 0.6 is 0 Å². The summed E-state index contributed by atoms with van der Waals surface area (Å²) in [4.78, 5) is 11.8. The molecule has 3 aromatic heterocycles. The number of hydrogen-bond acceptors (Lipinski definition) is 4. The number of pyridine rings is 1. The van der Waals surface area contributed by atoms with Crippen molar-refractivity contribution < 1.29 is 4.42 Å². The van der Waals surface area contributed by atoms with Gasteiger partial charge in [-0.25, -0.2) is 9.97 Å². The first-order chi connectivity index (χ1) is 11.2. The van der Waals surface area contributed by atoms with Crippen molar-refractivity contribution in [2.45, 2.75) is 26.3 Å². The van der Waals surface area contributed by atoms with Gasteiger partial charge in [-0.2, -0.15) is 0 Å². The number of fused-ring (bicyclic) bond motifs is 1. The molecule has 120 valence electrons. The van der Waals surface area contributed by atoms with E-state index < -0.39 is 0 Å². The molecule has 1 aliphatic heterocycles. The van der Waals surface area contributed by atoms with Gasteiger partial charge in [0.1, 0.15) is 11.3 Å². The van der Waals surface area contributed by atoms with Crippen LogP contribution in [0.5, 0.6) is 0 Å². The Hall–Kier alpha value is -2.14. The van der Waals surface area contributed by atoms with Crippen LogP contribution in [-0.4, -0.2) is 39.6 Å². The lowest BCUT2D eigenvalue weighted by Crippen LogP contribution is -2.34. The fourth-order valence-corrected chi connectivity index (χ4v) is 3.55. The molecule has 0 amide bonds. The Morgan fingerprint density at radius 1 is 1.30 bits per heavy atom. The molecule has 1 unspecified atom stereocenters. The van der Waals surface area contributed by atoms with Gasteiger partial charge in [-0.05, 0) is 63.5 Å². The van der Waals surface area contributed by atoms with Crippen molar-refractivity contribution in [3.05, 3.63) is 36.2 Å². The van der Waals surface area contributed by atoms with Crippen molar-refractivity contribution in [3.8, 4) is 11.6 Å². The molecule has 0 bridgehead atoms. The van der Waals surface area contributed by atoms with E-state index in [1.807, 2.05) is 37.4 Å². The van der Waals surface area contributed by atoms with Gasteiger partial charge in [-0.3, -0.25) is 0 Å². The lowest BCUT2D eigenvalue weighted by molar-refractivity contribution is 0.195. The Morgan fingerprint density at radius 2 is 2.22 bits per heavy atom. The molecule has 0 aromatic carbocycles. The van der Waals surface area contributed by atoms with E-state index in [1.54, 1.807) is 0 Å². The molecule has 4 heterocycles. The highest BCUT2D eigenvalue weighted by Crippen LogP contribution is 2.28. The summed E-state index contributed by atoms with van der Waals surface area (Å²) in [6.07, 6.45) is 4.36. The van der Waals surface area contributed by atoms with Gasteiger partial charge in [0.15, 0.2) is 17.2 Å². The van der Waals surface area contributed by atoms with Crippen LogP contribution < -0.4 is 0 Å². The average Bonchev–Trinajstić information content (AvgIpc) is 3.12. The molecule has 1 atom stereocenters. The molecule has 23 heavy (non-hydrogen) atoms. The topological polar surface area (TPSA) is 47.1 Å². The number of aryl methyl sites for hydroxylation is 1. The molecule has 1 aliphatic rings. The van der Waals surface area contributed by atoms with Crippen molar-refractivity contribution in [3.63, 3.8) is 0 Å². The third-order valence-electron chi connectivity index (χ3n) is 4.63. The monoisotopic (exact) mass is 310 g/mol. The summed E-state index contributed by atoms with van der Waals surface area (Å²) in [6, 6.07) is 7.94. The summed E-state index contributed by atoms with van der Waals surface area (Å²) >= 11 is 0. The first kappa shape index (κ1) is 14.5. The van der Waals surface area contributed by atoms with Crippen molar-refractivity contribution in [2.75, 3.05) is 20.1 Å². The number of hydrogen-bond donors (Lipinski definition) is 0. The molecule has 5 nitrogen and oxygen atoms in total. The fourth-order valence-electron chi connectivity index (χ4n) is 3.55. The molecule has 4 rings (SSSR count). The number of furan rings is 1. The summed E-state index contributed by atoms with van der Waals surface area (Å²) in [5.74, 6) is 3.25. The number of nitrogens with zero attached hydrogens (tertiary/aromatic N) is 4. The summed E-state index contributed by atoms with van der Waals surface area (Å²) in [6.45, 7) is 5.23. The van der Waals surface area contributed by atoms with Gasteiger partial charge in [0.2, 0.25) is 0 Å². The molecular weight excluding hydrogens is 288 g/mol. The Labute approximate surface area is 135 Å². The lowest BCUT2D eigenvalue weighted by Gasteiger charge is -2.30. The van der Waals surface area contributed by atoms with Crippen LogP contribution in [0.15, 0.2) is 34.9 Å². The SMILES string of the molecule is Cc1ccc(-c2nc3cccnc3n2CC2CCCN(C)C2)o1. The number of imidazole rings is 1. The third kappa shape index (κ3) is 2.77. The Balaban J connectivity index is 1.76. The summed E-state index contributed by atoms with van der Waals surface area (Å²) in [7, 11) is 2.20. The molecule has 0 saturated carbocycles. The van der Waals surface area contributed by atoms with Crippen molar-refractivity contribution in [2.24, 2.45) is 5.92 Å². The highest BCUT2D eigenvalue weighted by molar-refractivity contribution is 5.75. The minimum atomic E-state index is 0.628. The molecule has 0 spiro atoms. The van der Waals surface area contributed by atoms with Crippen LogP contribution in [-0.2, 0) is 6.54 Å². The number of rotatable bonds is 3. The van der Waals surface area contributed by atoms with Crippen LogP contribution in [0.2, 0.25) is 0 Å². The van der Waals surface area contributed by atoms with E-state index in [2.05, 4.69) is 21.5 Å². The summed E-state index contributed by atoms with van der Waals surface area (Å²) in [5, 5.41) is 0. The second-order valence-electron chi connectivity index (χ2n) is 6.57. The predicted octanol–water partition coefficient (Wildman–Crippen LogP) is 3.34. The van der Waals surface area contributed by atoms with Crippen molar-refractivity contribution in [1.29, 1.82) is 0 Å². The maximum absolute atomic E-state index is 5.83. The maximum atomic E-state index is 5.83. The standard InChI is InChI=1S/C18H22N4O/c1-13-7-8-16(23-13)18-20-15-6-3-9-19-17(15)22(18)12-14-5-4-10-21(2)11-14/h3,6-9,14H,4-5,10-12H2,1-2H3. The van der Waals surface area contributed by atoms with Crippen LogP contribution in [0.1, 0.15) is 18.6 Å². The van der Waals surface area contributed by atoms with E-state index in [0.717, 1.165) is 41.6 Å². The van der Waals surface area contributed by atoms with Gasteiger partial charge in [-0.1, -0.05) is 0 Å². The molecule has 1 fully saturated rings. The quantitative estimate of drug-likeness (QED) is 0.744. The van der Waals surface area contributed by atoms with E-state index in [-0.39, 0.29) is 0 Å². The van der Waals surface area contributed by atoms with E-state index in [9.17, 15) is 0 Å². The fraction of sp³-hybridized carbons (Fsp3) is 0.444. The van der Waals surface area contributed by atoms with E-state index in [4.69, 9.17) is 9.40 Å². The summed E-state index contributed by atoms with van der Waals surface area (Å²) < 4.78 is 8.06. The van der Waals surface area contributed by atoms with Crippen LogP contribution in [0, 0.1) is 12.8 Å². The highest BCUT2D eigenvalue weighted by atomic mass is 16.3. The van der Waals surface area contributed by atoms with E-state index in [0.29, 0.717) is 5.92 Å². The van der Waals surface area contributed by atoms with Gasteiger partial charge in [0, 0.05) is 19.3 Å². The van der Waals surface area contributed by atoms with Crippen LogP contribution in [0.25, 0.3) is 22.7 Å². The minimum Gasteiger partial charge on any atom is -0.458 e. The minimum absolute atomic E-state index is 0.628. The Kier molecular flexibility index (Phi) is 3.65. The molecule has 3 aromatic rings. The zero-order valence-corrected chi connectivity index (χ0v) is 13.7. The van der Waals surface area contributed by atoms with Gasteiger partial charge >= 0.3 is 0 Å². The normalized spacial score (nSPS) is 19.5. The third-order valence-corrected chi connectivity index (χ3v) is 4.63. The second kappa shape index (κ2) is 5.81. The largest absolute Gasteiger partial charge is 0.458 e. The second-order valence-corrected chi connectivity index (χ2v) is 6.57. The Bertz CT molecular complexity index is 819. The number of piperidine rings is 1. The summed E-state index contributed by atoms with van der Waals surface area (Å²) in [5.41, 5.74) is 1.88. The van der Waals surface area contributed by atoms with Gasteiger partial charge < -0.3 is 13.9 Å². The van der Waals surface area contributed by atoms with Gasteiger partial charge in [0.25, 0.3) is 0 Å². The van der Waals surface area contributed by atoms with E-state index >= 15 is 0 Å². The molecular formula is C18H22N4O. The first-order valence-corrected chi connectivity index (χ1v) is 8.27. The van der Waals surface area contributed by atoms with Gasteiger partial charge in [0.05, 0.1) is 0 Å². The zero-order valence-electron chi connectivity index (χ0n) is 13.7. The van der Waals surface area contributed by atoms with Crippen molar-refractivity contribution >= 4 is 11.2 Å². The van der Waals surface area contributed by atoms with E-state index in [1.165, 1.54) is 19.4 Å². The molecule has 1 saturated heterocycles. The predicted molar refractivity (Wildman–Crippen MR) is 90.2 cm³/mol. The van der Waals surface area contributed by atoms with Crippen LogP contribution in [0.4, 0.5) is 0 Å². The zero-order chi connectivity index (χ0) is 15.8.